The van der Waals surface area contributed by atoms with E-state index in [0.717, 1.165) is 41.8 Å². The monoisotopic (exact) mass is 503 g/mol. The summed E-state index contributed by atoms with van der Waals surface area (Å²) in [6.45, 7) is 7.89. The first-order valence-corrected chi connectivity index (χ1v) is 13.3. The van der Waals surface area contributed by atoms with Crippen molar-refractivity contribution < 1.29 is 14.3 Å². The Morgan fingerprint density at radius 1 is 0.919 bits per heavy atom. The molecule has 2 aromatic carbocycles. The van der Waals surface area contributed by atoms with Gasteiger partial charge >= 0.3 is 0 Å². The minimum Gasteiger partial charge on any atom is -0.497 e. The molecule has 37 heavy (non-hydrogen) atoms. The van der Waals surface area contributed by atoms with E-state index in [0.29, 0.717) is 26.1 Å². The van der Waals surface area contributed by atoms with Crippen molar-refractivity contribution in [3.63, 3.8) is 0 Å². The van der Waals surface area contributed by atoms with E-state index in [1.807, 2.05) is 72.6 Å². The Morgan fingerprint density at radius 2 is 1.68 bits per heavy atom. The molecular weight excluding hydrogens is 462 g/mol. The van der Waals surface area contributed by atoms with E-state index in [4.69, 9.17) is 4.74 Å². The van der Waals surface area contributed by atoms with E-state index in [9.17, 15) is 9.59 Å². The molecule has 0 saturated carbocycles. The molecule has 1 heterocycles. The van der Waals surface area contributed by atoms with Crippen molar-refractivity contribution in [2.45, 2.75) is 72.1 Å². The molecule has 3 rings (SSSR count). The number of methoxy groups -OCH3 is 1. The molecule has 198 valence electrons. The predicted octanol–water partition coefficient (Wildman–Crippen LogP) is 5.89. The number of hydrogen-bond acceptors (Lipinski definition) is 3. The van der Waals surface area contributed by atoms with E-state index in [1.165, 1.54) is 0 Å². The first-order chi connectivity index (χ1) is 17.9. The fourth-order valence-electron chi connectivity index (χ4n) is 4.37. The number of carbonyl (C=O) groups excluding carboxylic acids is 2. The van der Waals surface area contributed by atoms with Crippen molar-refractivity contribution >= 4 is 11.8 Å². The number of carbonyl (C=O) groups is 2. The summed E-state index contributed by atoms with van der Waals surface area (Å²) in [7, 11) is 1.67. The SMILES string of the molecule is CCCCC(=O)N(CC(=O)N(Cc1ccccc1)Cc1cccn1Cc1cccc(OC)c1)C(C)CC. The quantitative estimate of drug-likeness (QED) is 0.276. The Labute approximate surface area is 221 Å². The first-order valence-electron chi connectivity index (χ1n) is 13.3. The second-order valence-corrected chi connectivity index (χ2v) is 9.60. The van der Waals surface area contributed by atoms with Crippen molar-refractivity contribution in [2.24, 2.45) is 0 Å². The van der Waals surface area contributed by atoms with Gasteiger partial charge in [0.2, 0.25) is 11.8 Å². The summed E-state index contributed by atoms with van der Waals surface area (Å²) in [6.07, 6.45) is 5.13. The smallest absolute Gasteiger partial charge is 0.242 e. The van der Waals surface area contributed by atoms with Crippen LogP contribution in [-0.2, 0) is 29.2 Å². The molecule has 3 aromatic rings. The van der Waals surface area contributed by atoms with E-state index >= 15 is 0 Å². The zero-order chi connectivity index (χ0) is 26.6. The fourth-order valence-corrected chi connectivity index (χ4v) is 4.37. The molecule has 0 spiro atoms. The molecule has 0 N–H and O–H groups in total. The van der Waals surface area contributed by atoms with Crippen LogP contribution in [0.2, 0.25) is 0 Å². The summed E-state index contributed by atoms with van der Waals surface area (Å²) < 4.78 is 7.55. The molecule has 0 aliphatic carbocycles. The van der Waals surface area contributed by atoms with Crippen LogP contribution >= 0.6 is 0 Å². The van der Waals surface area contributed by atoms with Gasteiger partial charge < -0.3 is 19.1 Å². The highest BCUT2D eigenvalue weighted by atomic mass is 16.5. The molecule has 1 unspecified atom stereocenters. The van der Waals surface area contributed by atoms with Gasteiger partial charge in [-0.15, -0.1) is 0 Å². The summed E-state index contributed by atoms with van der Waals surface area (Å²) in [6, 6.07) is 22.1. The van der Waals surface area contributed by atoms with Crippen LogP contribution in [0, 0.1) is 0 Å². The maximum absolute atomic E-state index is 13.7. The molecule has 0 saturated heterocycles. The van der Waals surface area contributed by atoms with Crippen LogP contribution < -0.4 is 4.74 Å². The van der Waals surface area contributed by atoms with Gasteiger partial charge in [0.15, 0.2) is 0 Å². The third kappa shape index (κ3) is 8.24. The summed E-state index contributed by atoms with van der Waals surface area (Å²) in [5.41, 5.74) is 3.23. The van der Waals surface area contributed by atoms with Crippen LogP contribution in [0.5, 0.6) is 5.75 Å². The molecule has 6 nitrogen and oxygen atoms in total. The lowest BCUT2D eigenvalue weighted by Gasteiger charge is -2.31. The average Bonchev–Trinajstić information content (AvgIpc) is 3.36. The molecule has 0 aliphatic heterocycles. The first kappa shape index (κ1) is 28.0. The number of unbranched alkanes of at least 4 members (excludes halogenated alkanes) is 1. The van der Waals surface area contributed by atoms with E-state index < -0.39 is 0 Å². The van der Waals surface area contributed by atoms with Crippen molar-refractivity contribution in [3.8, 4) is 5.75 Å². The topological polar surface area (TPSA) is 54.8 Å². The lowest BCUT2D eigenvalue weighted by Crippen LogP contribution is -2.46. The van der Waals surface area contributed by atoms with Crippen LogP contribution in [-0.4, -0.2) is 45.9 Å². The summed E-state index contributed by atoms with van der Waals surface area (Å²) >= 11 is 0. The second kappa shape index (κ2) is 14.3. The third-order valence-electron chi connectivity index (χ3n) is 6.83. The van der Waals surface area contributed by atoms with Gasteiger partial charge in [0.1, 0.15) is 12.3 Å². The van der Waals surface area contributed by atoms with E-state index in [2.05, 4.69) is 30.5 Å². The lowest BCUT2D eigenvalue weighted by molar-refractivity contribution is -0.143. The van der Waals surface area contributed by atoms with Crippen LogP contribution in [0.1, 0.15) is 63.3 Å². The standard InChI is InChI=1S/C31H41N3O3/c1-5-7-18-30(35)34(25(3)6-2)24-31(36)33(21-26-13-9-8-10-14-26)23-28-16-12-19-32(28)22-27-15-11-17-29(20-27)37-4/h8-17,19-20,25H,5-7,18,21-24H2,1-4H3. The molecule has 0 radical (unpaired) electrons. The lowest BCUT2D eigenvalue weighted by atomic mass is 10.1. The average molecular weight is 504 g/mol. The van der Waals surface area contributed by atoms with Crippen LogP contribution in [0.25, 0.3) is 0 Å². The maximum Gasteiger partial charge on any atom is 0.242 e. The normalized spacial score (nSPS) is 11.7. The van der Waals surface area contributed by atoms with Gasteiger partial charge in [-0.25, -0.2) is 0 Å². The molecule has 0 aliphatic rings. The van der Waals surface area contributed by atoms with Gasteiger partial charge in [0.05, 0.1) is 13.7 Å². The number of benzene rings is 2. The Hall–Kier alpha value is -3.54. The Morgan fingerprint density at radius 3 is 2.38 bits per heavy atom. The van der Waals surface area contributed by atoms with Gasteiger partial charge in [-0.3, -0.25) is 9.59 Å². The summed E-state index contributed by atoms with van der Waals surface area (Å²) in [4.78, 5) is 30.4. The largest absolute Gasteiger partial charge is 0.497 e. The summed E-state index contributed by atoms with van der Waals surface area (Å²) in [5.74, 6) is 0.846. The minimum atomic E-state index is -0.0388. The second-order valence-electron chi connectivity index (χ2n) is 9.60. The molecule has 0 bridgehead atoms. The highest BCUT2D eigenvalue weighted by Gasteiger charge is 2.25. The van der Waals surface area contributed by atoms with Gasteiger partial charge in [-0.2, -0.15) is 0 Å². The van der Waals surface area contributed by atoms with Gasteiger partial charge in [-0.1, -0.05) is 62.7 Å². The molecule has 0 fully saturated rings. The Bertz CT molecular complexity index is 1130. The Kier molecular flexibility index (Phi) is 10.8. The zero-order valence-electron chi connectivity index (χ0n) is 22.7. The number of amides is 2. The van der Waals surface area contributed by atoms with Crippen LogP contribution in [0.3, 0.4) is 0 Å². The van der Waals surface area contributed by atoms with Crippen molar-refractivity contribution in [1.29, 1.82) is 0 Å². The highest BCUT2D eigenvalue weighted by molar-refractivity contribution is 5.85. The van der Waals surface area contributed by atoms with Crippen molar-refractivity contribution in [2.75, 3.05) is 13.7 Å². The zero-order valence-corrected chi connectivity index (χ0v) is 22.7. The summed E-state index contributed by atoms with van der Waals surface area (Å²) in [5, 5.41) is 0. The van der Waals surface area contributed by atoms with Gasteiger partial charge in [-0.05, 0) is 55.2 Å². The van der Waals surface area contributed by atoms with Crippen molar-refractivity contribution in [3.05, 3.63) is 89.7 Å². The molecule has 1 atom stereocenters. The highest BCUT2D eigenvalue weighted by Crippen LogP contribution is 2.18. The number of nitrogens with zero attached hydrogens (tertiary/aromatic N) is 3. The number of aromatic nitrogens is 1. The third-order valence-corrected chi connectivity index (χ3v) is 6.83. The number of hydrogen-bond donors (Lipinski definition) is 0. The van der Waals surface area contributed by atoms with Gasteiger partial charge in [0.25, 0.3) is 0 Å². The van der Waals surface area contributed by atoms with E-state index in [-0.39, 0.29) is 24.4 Å². The number of rotatable bonds is 14. The molecular formula is C31H41N3O3. The predicted molar refractivity (Wildman–Crippen MR) is 148 cm³/mol. The molecule has 6 heteroatoms. The molecule has 2 amide bonds. The fraction of sp³-hybridized carbons (Fsp3) is 0.419. The maximum atomic E-state index is 13.7. The Balaban J connectivity index is 1.82. The van der Waals surface area contributed by atoms with Gasteiger partial charge in [0, 0.05) is 37.4 Å². The molecule has 1 aromatic heterocycles. The minimum absolute atomic E-state index is 0.0174. The number of ether oxygens (including phenoxy) is 1. The van der Waals surface area contributed by atoms with E-state index in [1.54, 1.807) is 12.0 Å². The van der Waals surface area contributed by atoms with Crippen molar-refractivity contribution in [1.82, 2.24) is 14.4 Å². The van der Waals surface area contributed by atoms with Crippen LogP contribution in [0.4, 0.5) is 0 Å². The van der Waals surface area contributed by atoms with Crippen LogP contribution in [0.15, 0.2) is 72.9 Å².